The van der Waals surface area contributed by atoms with Crippen molar-refractivity contribution in [1.82, 2.24) is 4.98 Å². The summed E-state index contributed by atoms with van der Waals surface area (Å²) in [6.45, 7) is 1.56. The molecule has 1 heterocycles. The molecule has 1 aromatic heterocycles. The van der Waals surface area contributed by atoms with E-state index in [0.717, 1.165) is 24.3 Å². The van der Waals surface area contributed by atoms with E-state index >= 15 is 0 Å². The number of pyridine rings is 1. The minimum absolute atomic E-state index is 0.0935. The standard InChI is InChI=1S/C21H16F4N2O4S/c1-12-9-16(27-32(29,30)14-6-3-5-13(10-14)21(23,24)25)19(26-11-12)20(28)18-15(22)7-4-8-17(18)31-2/h3-11,27H,1-2H3. The van der Waals surface area contributed by atoms with Crippen molar-refractivity contribution in [1.29, 1.82) is 0 Å². The van der Waals surface area contributed by atoms with E-state index in [1.54, 1.807) is 6.92 Å². The summed E-state index contributed by atoms with van der Waals surface area (Å²) >= 11 is 0. The van der Waals surface area contributed by atoms with E-state index in [0.29, 0.717) is 11.6 Å². The van der Waals surface area contributed by atoms with Gasteiger partial charge in [0.25, 0.3) is 10.0 Å². The lowest BCUT2D eigenvalue weighted by Gasteiger charge is -2.14. The molecule has 0 spiro atoms. The molecule has 0 saturated heterocycles. The molecular formula is C21H16F4N2O4S. The maximum Gasteiger partial charge on any atom is 0.416 e. The molecule has 3 rings (SSSR count). The molecule has 3 aromatic rings. The van der Waals surface area contributed by atoms with E-state index in [2.05, 4.69) is 9.71 Å². The molecule has 0 unspecified atom stereocenters. The van der Waals surface area contributed by atoms with E-state index < -0.39 is 49.5 Å². The summed E-state index contributed by atoms with van der Waals surface area (Å²) in [5, 5.41) is 0. The predicted molar refractivity (Wildman–Crippen MR) is 108 cm³/mol. The van der Waals surface area contributed by atoms with Crippen LogP contribution in [0, 0.1) is 12.7 Å². The number of ether oxygens (including phenoxy) is 1. The largest absolute Gasteiger partial charge is 0.496 e. The maximum atomic E-state index is 14.4. The van der Waals surface area contributed by atoms with Crippen LogP contribution in [0.4, 0.5) is 23.2 Å². The van der Waals surface area contributed by atoms with Crippen LogP contribution < -0.4 is 9.46 Å². The molecule has 0 radical (unpaired) electrons. The summed E-state index contributed by atoms with van der Waals surface area (Å²) in [5.41, 5.74) is -1.95. The summed E-state index contributed by atoms with van der Waals surface area (Å²) in [6, 6.07) is 8.07. The van der Waals surface area contributed by atoms with E-state index in [1.165, 1.54) is 31.5 Å². The Kier molecular flexibility index (Phi) is 6.22. The molecule has 0 atom stereocenters. The number of nitrogens with zero attached hydrogens (tertiary/aromatic N) is 1. The van der Waals surface area contributed by atoms with Crippen molar-refractivity contribution in [2.45, 2.75) is 18.0 Å². The minimum Gasteiger partial charge on any atom is -0.496 e. The van der Waals surface area contributed by atoms with E-state index in [9.17, 15) is 30.8 Å². The first kappa shape index (κ1) is 23.2. The number of ketones is 1. The summed E-state index contributed by atoms with van der Waals surface area (Å²) in [6.07, 6.45) is -3.48. The summed E-state index contributed by atoms with van der Waals surface area (Å²) in [5.74, 6) is -1.98. The molecule has 0 fully saturated rings. The van der Waals surface area contributed by atoms with Crippen LogP contribution in [0.1, 0.15) is 27.2 Å². The third-order valence-corrected chi connectivity index (χ3v) is 5.74. The minimum atomic E-state index is -4.75. The Hall–Kier alpha value is -3.47. The molecule has 0 saturated carbocycles. The Balaban J connectivity index is 2.08. The van der Waals surface area contributed by atoms with Gasteiger partial charge in [-0.3, -0.25) is 14.5 Å². The van der Waals surface area contributed by atoms with Crippen molar-refractivity contribution in [2.24, 2.45) is 0 Å². The number of sulfonamides is 1. The Bertz CT molecular complexity index is 1290. The van der Waals surface area contributed by atoms with Gasteiger partial charge in [-0.2, -0.15) is 13.2 Å². The SMILES string of the molecule is COc1cccc(F)c1C(=O)c1ncc(C)cc1NS(=O)(=O)c1cccc(C(F)(F)F)c1. The number of methoxy groups -OCH3 is 1. The van der Waals surface area contributed by atoms with Gasteiger partial charge >= 0.3 is 6.18 Å². The zero-order valence-electron chi connectivity index (χ0n) is 16.7. The number of nitrogens with one attached hydrogen (secondary N) is 1. The number of benzene rings is 2. The first-order chi connectivity index (χ1) is 14.9. The highest BCUT2D eigenvalue weighted by molar-refractivity contribution is 7.92. The number of hydrogen-bond donors (Lipinski definition) is 1. The van der Waals surface area contributed by atoms with Crippen LogP contribution in [0.3, 0.4) is 0 Å². The van der Waals surface area contributed by atoms with Crippen molar-refractivity contribution in [3.8, 4) is 5.75 Å². The molecule has 0 aliphatic carbocycles. The summed E-state index contributed by atoms with van der Waals surface area (Å²) in [7, 11) is -3.32. The number of carbonyl (C=O) groups excluding carboxylic acids is 1. The number of rotatable bonds is 6. The maximum absolute atomic E-state index is 14.4. The van der Waals surface area contributed by atoms with E-state index in [1.807, 2.05) is 0 Å². The first-order valence-corrected chi connectivity index (χ1v) is 10.5. The molecule has 2 aromatic carbocycles. The Morgan fingerprint density at radius 2 is 1.78 bits per heavy atom. The summed E-state index contributed by atoms with van der Waals surface area (Å²) < 4.78 is 86.0. The smallest absolute Gasteiger partial charge is 0.416 e. The van der Waals surface area contributed by atoms with Gasteiger partial charge in [0.05, 0.1) is 23.3 Å². The van der Waals surface area contributed by atoms with Crippen molar-refractivity contribution >= 4 is 21.5 Å². The average Bonchev–Trinajstić information content (AvgIpc) is 2.72. The van der Waals surface area contributed by atoms with Gasteiger partial charge in [-0.15, -0.1) is 0 Å². The number of alkyl halides is 3. The molecule has 6 nitrogen and oxygen atoms in total. The molecule has 0 bridgehead atoms. The van der Waals surface area contributed by atoms with E-state index in [4.69, 9.17) is 4.74 Å². The van der Waals surface area contributed by atoms with Gasteiger partial charge in [0.2, 0.25) is 5.78 Å². The van der Waals surface area contributed by atoms with E-state index in [-0.39, 0.29) is 11.4 Å². The molecule has 0 aliphatic heterocycles. The van der Waals surface area contributed by atoms with Gasteiger partial charge in [-0.25, -0.2) is 12.8 Å². The lowest BCUT2D eigenvalue weighted by atomic mass is 10.0. The second kappa shape index (κ2) is 8.58. The zero-order valence-corrected chi connectivity index (χ0v) is 17.5. The Morgan fingerprint density at radius 1 is 1.09 bits per heavy atom. The third-order valence-electron chi connectivity index (χ3n) is 4.38. The molecule has 11 heteroatoms. The fourth-order valence-corrected chi connectivity index (χ4v) is 3.99. The highest BCUT2D eigenvalue weighted by atomic mass is 32.2. The zero-order chi connectivity index (χ0) is 23.7. The molecule has 32 heavy (non-hydrogen) atoms. The predicted octanol–water partition coefficient (Wildman–Crippen LogP) is 4.59. The molecule has 168 valence electrons. The molecule has 0 amide bonds. The van der Waals surface area contributed by atoms with Crippen molar-refractivity contribution in [3.05, 3.63) is 82.9 Å². The number of carbonyl (C=O) groups is 1. The third kappa shape index (κ3) is 4.72. The Labute approximate surface area is 180 Å². The van der Waals surface area contributed by atoms with Crippen LogP contribution >= 0.6 is 0 Å². The van der Waals surface area contributed by atoms with Crippen molar-refractivity contribution in [3.63, 3.8) is 0 Å². The molecule has 0 aliphatic rings. The highest BCUT2D eigenvalue weighted by Crippen LogP contribution is 2.32. The fourth-order valence-electron chi connectivity index (χ4n) is 2.88. The Morgan fingerprint density at radius 3 is 2.44 bits per heavy atom. The lowest BCUT2D eigenvalue weighted by molar-refractivity contribution is -0.137. The van der Waals surface area contributed by atoms with Gasteiger partial charge in [-0.05, 0) is 48.9 Å². The van der Waals surface area contributed by atoms with Gasteiger partial charge in [0, 0.05) is 6.20 Å². The number of anilines is 1. The van der Waals surface area contributed by atoms with Crippen LogP contribution in [0.2, 0.25) is 0 Å². The van der Waals surface area contributed by atoms with Gasteiger partial charge < -0.3 is 4.74 Å². The monoisotopic (exact) mass is 468 g/mol. The molecule has 1 N–H and O–H groups in total. The number of aryl methyl sites for hydroxylation is 1. The highest BCUT2D eigenvalue weighted by Gasteiger charge is 2.32. The fraction of sp³-hybridized carbons (Fsp3) is 0.143. The quantitative estimate of drug-likeness (QED) is 0.423. The first-order valence-electron chi connectivity index (χ1n) is 8.98. The molecular weight excluding hydrogens is 452 g/mol. The van der Waals surface area contributed by atoms with Crippen LogP contribution in [-0.4, -0.2) is 26.3 Å². The van der Waals surface area contributed by atoms with Gasteiger partial charge in [-0.1, -0.05) is 12.1 Å². The second-order valence-corrected chi connectivity index (χ2v) is 8.37. The number of halogens is 4. The van der Waals surface area contributed by atoms with Crippen molar-refractivity contribution in [2.75, 3.05) is 11.8 Å². The van der Waals surface area contributed by atoms with Crippen LogP contribution in [0.15, 0.2) is 59.6 Å². The normalized spacial score (nSPS) is 11.8. The number of hydrogen-bond acceptors (Lipinski definition) is 5. The van der Waals surface area contributed by atoms with Crippen LogP contribution in [0.5, 0.6) is 5.75 Å². The second-order valence-electron chi connectivity index (χ2n) is 6.69. The summed E-state index contributed by atoms with van der Waals surface area (Å²) in [4.78, 5) is 16.3. The van der Waals surface area contributed by atoms with Crippen molar-refractivity contribution < 1.29 is 35.5 Å². The van der Waals surface area contributed by atoms with Crippen LogP contribution in [-0.2, 0) is 16.2 Å². The number of aromatic nitrogens is 1. The van der Waals surface area contributed by atoms with Gasteiger partial charge in [0.15, 0.2) is 0 Å². The topological polar surface area (TPSA) is 85.4 Å². The van der Waals surface area contributed by atoms with Crippen LogP contribution in [0.25, 0.3) is 0 Å². The average molecular weight is 468 g/mol. The lowest BCUT2D eigenvalue weighted by Crippen LogP contribution is -2.18. The van der Waals surface area contributed by atoms with Gasteiger partial charge in [0.1, 0.15) is 22.8 Å².